The maximum absolute atomic E-state index is 6.03. The normalized spacial score (nSPS) is 11.2. The Morgan fingerprint density at radius 2 is 2.00 bits per heavy atom. The van der Waals surface area contributed by atoms with Gasteiger partial charge in [0, 0.05) is 17.0 Å². The fourth-order valence-electron chi connectivity index (χ4n) is 1.71. The van der Waals surface area contributed by atoms with Crippen LogP contribution in [0.25, 0.3) is 10.6 Å². The monoisotopic (exact) mass is 300 g/mol. The number of hydrogen-bond acceptors (Lipinski definition) is 3. The molecule has 0 fully saturated rings. The van der Waals surface area contributed by atoms with E-state index < -0.39 is 0 Å². The van der Waals surface area contributed by atoms with Crippen LogP contribution < -0.4 is 5.73 Å². The smallest absolute Gasteiger partial charge is 0.123 e. The summed E-state index contributed by atoms with van der Waals surface area (Å²) in [6, 6.07) is 5.56. The summed E-state index contributed by atoms with van der Waals surface area (Å²) in [5.74, 6) is 0.372. The van der Waals surface area contributed by atoms with Gasteiger partial charge in [-0.2, -0.15) is 0 Å². The molecule has 0 spiro atoms. The van der Waals surface area contributed by atoms with Crippen molar-refractivity contribution >= 4 is 34.5 Å². The SMILES string of the molecule is CC(C)c1nc(-c2ccc(Cl)c(Cl)c2)sc1CN. The van der Waals surface area contributed by atoms with Crippen LogP contribution in [0.15, 0.2) is 18.2 Å². The predicted octanol–water partition coefficient (Wildman–Crippen LogP) is 4.70. The van der Waals surface area contributed by atoms with Gasteiger partial charge in [-0.3, -0.25) is 0 Å². The number of hydrogen-bond donors (Lipinski definition) is 1. The highest BCUT2D eigenvalue weighted by atomic mass is 35.5. The third-order valence-corrected chi connectivity index (χ3v) is 4.51. The lowest BCUT2D eigenvalue weighted by molar-refractivity contribution is 0.814. The van der Waals surface area contributed by atoms with E-state index in [0.717, 1.165) is 21.1 Å². The zero-order valence-corrected chi connectivity index (χ0v) is 12.5. The van der Waals surface area contributed by atoms with Crippen molar-refractivity contribution in [2.75, 3.05) is 0 Å². The predicted molar refractivity (Wildman–Crippen MR) is 79.6 cm³/mol. The molecule has 0 aliphatic heterocycles. The van der Waals surface area contributed by atoms with Gasteiger partial charge in [0.2, 0.25) is 0 Å². The van der Waals surface area contributed by atoms with Crippen LogP contribution in [0.2, 0.25) is 10.0 Å². The maximum atomic E-state index is 6.03. The number of benzene rings is 1. The largest absolute Gasteiger partial charge is 0.326 e. The van der Waals surface area contributed by atoms with Gasteiger partial charge in [-0.05, 0) is 18.1 Å². The zero-order valence-electron chi connectivity index (χ0n) is 10.2. The quantitative estimate of drug-likeness (QED) is 0.892. The molecule has 2 rings (SSSR count). The molecule has 1 aromatic heterocycles. The van der Waals surface area contributed by atoms with E-state index in [1.165, 1.54) is 0 Å². The molecule has 0 saturated heterocycles. The molecule has 96 valence electrons. The first-order valence-electron chi connectivity index (χ1n) is 5.68. The van der Waals surface area contributed by atoms with Gasteiger partial charge >= 0.3 is 0 Å². The van der Waals surface area contributed by atoms with Crippen molar-refractivity contribution in [1.82, 2.24) is 4.98 Å². The summed E-state index contributed by atoms with van der Waals surface area (Å²) in [6.07, 6.45) is 0. The van der Waals surface area contributed by atoms with Crippen molar-refractivity contribution in [2.45, 2.75) is 26.3 Å². The number of nitrogens with two attached hydrogens (primary N) is 1. The van der Waals surface area contributed by atoms with Crippen molar-refractivity contribution in [1.29, 1.82) is 0 Å². The molecule has 1 aromatic carbocycles. The fraction of sp³-hybridized carbons (Fsp3) is 0.308. The lowest BCUT2D eigenvalue weighted by Gasteiger charge is -2.02. The van der Waals surface area contributed by atoms with Gasteiger partial charge in [-0.1, -0.05) is 43.1 Å². The van der Waals surface area contributed by atoms with Crippen molar-refractivity contribution in [3.63, 3.8) is 0 Å². The van der Waals surface area contributed by atoms with Crippen LogP contribution in [0, 0.1) is 0 Å². The Bertz CT molecular complexity index is 564. The lowest BCUT2D eigenvalue weighted by atomic mass is 10.1. The standard InChI is InChI=1S/C13H14Cl2N2S/c1-7(2)12-11(6-16)18-13(17-12)8-3-4-9(14)10(15)5-8/h3-5,7H,6,16H2,1-2H3. The van der Waals surface area contributed by atoms with Crippen LogP contribution in [-0.2, 0) is 6.54 Å². The van der Waals surface area contributed by atoms with Crippen LogP contribution in [0.4, 0.5) is 0 Å². The van der Waals surface area contributed by atoms with E-state index in [9.17, 15) is 0 Å². The molecule has 0 aliphatic carbocycles. The molecule has 0 aliphatic rings. The third kappa shape index (κ3) is 2.69. The van der Waals surface area contributed by atoms with Gasteiger partial charge < -0.3 is 5.73 Å². The topological polar surface area (TPSA) is 38.9 Å². The molecule has 1 heterocycles. The van der Waals surface area contributed by atoms with Crippen LogP contribution in [0.5, 0.6) is 0 Å². The summed E-state index contributed by atoms with van der Waals surface area (Å²) >= 11 is 13.6. The molecule has 0 atom stereocenters. The first-order valence-corrected chi connectivity index (χ1v) is 7.25. The van der Waals surface area contributed by atoms with Crippen molar-refractivity contribution < 1.29 is 0 Å². The Morgan fingerprint density at radius 3 is 2.50 bits per heavy atom. The molecule has 2 nitrogen and oxygen atoms in total. The summed E-state index contributed by atoms with van der Waals surface area (Å²) in [7, 11) is 0. The van der Waals surface area contributed by atoms with E-state index in [4.69, 9.17) is 28.9 Å². The van der Waals surface area contributed by atoms with E-state index in [-0.39, 0.29) is 0 Å². The molecular weight excluding hydrogens is 287 g/mol. The molecule has 0 amide bonds. The minimum Gasteiger partial charge on any atom is -0.326 e. The number of nitrogens with zero attached hydrogens (tertiary/aromatic N) is 1. The second kappa shape index (κ2) is 5.57. The Morgan fingerprint density at radius 1 is 1.28 bits per heavy atom. The molecular formula is C13H14Cl2N2S. The molecule has 2 N–H and O–H groups in total. The van der Waals surface area contributed by atoms with Gasteiger partial charge in [0.1, 0.15) is 5.01 Å². The van der Waals surface area contributed by atoms with E-state index in [2.05, 4.69) is 18.8 Å². The first-order chi connectivity index (χ1) is 8.52. The van der Waals surface area contributed by atoms with Crippen molar-refractivity contribution in [3.05, 3.63) is 38.8 Å². The highest BCUT2D eigenvalue weighted by molar-refractivity contribution is 7.15. The van der Waals surface area contributed by atoms with E-state index in [0.29, 0.717) is 22.5 Å². The van der Waals surface area contributed by atoms with Crippen LogP contribution >= 0.6 is 34.5 Å². The zero-order chi connectivity index (χ0) is 13.3. The summed E-state index contributed by atoms with van der Waals surface area (Å²) in [5, 5.41) is 2.04. The van der Waals surface area contributed by atoms with Crippen LogP contribution in [0.3, 0.4) is 0 Å². The summed E-state index contributed by atoms with van der Waals surface area (Å²) < 4.78 is 0. The molecule has 0 saturated carbocycles. The summed E-state index contributed by atoms with van der Waals surface area (Å²) in [4.78, 5) is 5.79. The minimum atomic E-state index is 0.372. The Balaban J connectivity index is 2.47. The van der Waals surface area contributed by atoms with Gasteiger partial charge in [0.15, 0.2) is 0 Å². The molecule has 0 radical (unpaired) electrons. The minimum absolute atomic E-state index is 0.372. The number of rotatable bonds is 3. The molecule has 2 aromatic rings. The number of thiazole rings is 1. The van der Waals surface area contributed by atoms with Crippen molar-refractivity contribution in [3.8, 4) is 10.6 Å². The van der Waals surface area contributed by atoms with Crippen LogP contribution in [-0.4, -0.2) is 4.98 Å². The number of halogens is 2. The molecule has 0 unspecified atom stereocenters. The van der Waals surface area contributed by atoms with Gasteiger partial charge in [-0.25, -0.2) is 4.98 Å². The fourth-order valence-corrected chi connectivity index (χ4v) is 3.10. The van der Waals surface area contributed by atoms with Gasteiger partial charge in [-0.15, -0.1) is 11.3 Å². The lowest BCUT2D eigenvalue weighted by Crippen LogP contribution is -1.99. The Kier molecular flexibility index (Phi) is 4.28. The van der Waals surface area contributed by atoms with Crippen LogP contribution in [0.1, 0.15) is 30.3 Å². The Hall–Kier alpha value is -0.610. The van der Waals surface area contributed by atoms with Crippen molar-refractivity contribution in [2.24, 2.45) is 5.73 Å². The summed E-state index contributed by atoms with van der Waals surface area (Å²) in [5.41, 5.74) is 7.81. The highest BCUT2D eigenvalue weighted by Gasteiger charge is 2.14. The first kappa shape index (κ1) is 13.8. The van der Waals surface area contributed by atoms with Gasteiger partial charge in [0.25, 0.3) is 0 Å². The molecule has 18 heavy (non-hydrogen) atoms. The maximum Gasteiger partial charge on any atom is 0.123 e. The molecule has 0 bridgehead atoms. The van der Waals surface area contributed by atoms with E-state index in [1.54, 1.807) is 17.4 Å². The van der Waals surface area contributed by atoms with Gasteiger partial charge in [0.05, 0.1) is 15.7 Å². The number of aromatic nitrogens is 1. The second-order valence-corrected chi connectivity index (χ2v) is 6.21. The Labute approximate surface area is 121 Å². The molecule has 5 heteroatoms. The highest BCUT2D eigenvalue weighted by Crippen LogP contribution is 2.34. The average molecular weight is 301 g/mol. The average Bonchev–Trinajstić information content (AvgIpc) is 2.77. The third-order valence-electron chi connectivity index (χ3n) is 2.63. The van der Waals surface area contributed by atoms with E-state index >= 15 is 0 Å². The summed E-state index contributed by atoms with van der Waals surface area (Å²) in [6.45, 7) is 4.76. The van der Waals surface area contributed by atoms with E-state index in [1.807, 2.05) is 12.1 Å². The second-order valence-electron chi connectivity index (χ2n) is 4.32.